The van der Waals surface area contributed by atoms with E-state index < -0.39 is 11.9 Å². The van der Waals surface area contributed by atoms with Crippen molar-refractivity contribution in [3.8, 4) is 0 Å². The Kier molecular flexibility index (Phi) is 3.65. The summed E-state index contributed by atoms with van der Waals surface area (Å²) in [6.07, 6.45) is 1.35. The lowest BCUT2D eigenvalue weighted by Crippen LogP contribution is -2.20. The van der Waals surface area contributed by atoms with Crippen molar-refractivity contribution in [2.24, 2.45) is 5.73 Å². The summed E-state index contributed by atoms with van der Waals surface area (Å²) in [6, 6.07) is 1.38. The molecule has 0 saturated heterocycles. The summed E-state index contributed by atoms with van der Waals surface area (Å²) in [4.78, 5) is 25.8. The molecular formula is C9H12N4O3. The minimum Gasteiger partial charge on any atom is -0.468 e. The molecule has 0 aliphatic heterocycles. The van der Waals surface area contributed by atoms with Gasteiger partial charge in [-0.15, -0.1) is 0 Å². The Hall–Kier alpha value is -2.31. The molecule has 1 amide bonds. The summed E-state index contributed by atoms with van der Waals surface area (Å²) in [6.45, 7) is -0.103. The van der Waals surface area contributed by atoms with Crippen LogP contribution in [0.15, 0.2) is 12.3 Å². The highest BCUT2D eigenvalue weighted by atomic mass is 16.5. The number of amides is 1. The first kappa shape index (κ1) is 11.8. The van der Waals surface area contributed by atoms with Gasteiger partial charge < -0.3 is 21.5 Å². The number of nitrogens with one attached hydrogen (secondary N) is 1. The molecule has 1 aromatic heterocycles. The number of anilines is 2. The summed E-state index contributed by atoms with van der Waals surface area (Å²) in [5, 5.41) is 2.63. The normalized spacial score (nSPS) is 9.56. The number of hydrogen-bond donors (Lipinski definition) is 3. The van der Waals surface area contributed by atoms with Crippen LogP contribution in [0, 0.1) is 0 Å². The number of hydrogen-bond acceptors (Lipinski definition) is 6. The molecule has 1 rings (SSSR count). The molecule has 0 aliphatic rings. The van der Waals surface area contributed by atoms with Crippen molar-refractivity contribution in [2.45, 2.75) is 0 Å². The highest BCUT2D eigenvalue weighted by Gasteiger charge is 2.11. The van der Waals surface area contributed by atoms with E-state index in [1.165, 1.54) is 19.4 Å². The van der Waals surface area contributed by atoms with E-state index in [0.29, 0.717) is 5.69 Å². The molecule has 7 nitrogen and oxygen atoms in total. The second kappa shape index (κ2) is 4.96. The smallest absolute Gasteiger partial charge is 0.325 e. The first-order chi connectivity index (χ1) is 7.54. The van der Waals surface area contributed by atoms with Gasteiger partial charge in [-0.05, 0) is 6.07 Å². The molecule has 0 radical (unpaired) electrons. The predicted molar refractivity (Wildman–Crippen MR) is 57.7 cm³/mol. The maximum absolute atomic E-state index is 11.1. The van der Waals surface area contributed by atoms with Crippen molar-refractivity contribution in [1.82, 2.24) is 4.98 Å². The van der Waals surface area contributed by atoms with Crippen LogP contribution in [-0.4, -0.2) is 30.5 Å². The summed E-state index contributed by atoms with van der Waals surface area (Å²) in [5.74, 6) is -0.951. The fraction of sp³-hybridized carbons (Fsp3) is 0.222. The zero-order chi connectivity index (χ0) is 12.1. The molecule has 5 N–H and O–H groups in total. The SMILES string of the molecule is COC(=O)CNc1ncc(N)cc1C(N)=O. The van der Waals surface area contributed by atoms with E-state index in [4.69, 9.17) is 11.5 Å². The van der Waals surface area contributed by atoms with Gasteiger partial charge in [-0.3, -0.25) is 9.59 Å². The van der Waals surface area contributed by atoms with E-state index in [1.807, 2.05) is 0 Å². The van der Waals surface area contributed by atoms with Crippen LogP contribution in [0.25, 0.3) is 0 Å². The lowest BCUT2D eigenvalue weighted by Gasteiger charge is -2.08. The molecule has 0 atom stereocenters. The van der Waals surface area contributed by atoms with Crippen LogP contribution in [0.3, 0.4) is 0 Å². The number of esters is 1. The molecule has 0 bridgehead atoms. The number of carbonyl (C=O) groups excluding carboxylic acids is 2. The number of nitrogens with zero attached hydrogens (tertiary/aromatic N) is 1. The fourth-order valence-electron chi connectivity index (χ4n) is 1.04. The highest BCUT2D eigenvalue weighted by molar-refractivity contribution is 5.98. The third-order valence-corrected chi connectivity index (χ3v) is 1.80. The van der Waals surface area contributed by atoms with E-state index >= 15 is 0 Å². The second-order valence-corrected chi connectivity index (χ2v) is 2.96. The quantitative estimate of drug-likeness (QED) is 0.584. The van der Waals surface area contributed by atoms with E-state index in [-0.39, 0.29) is 17.9 Å². The Labute approximate surface area is 91.8 Å². The van der Waals surface area contributed by atoms with Crippen molar-refractivity contribution in [1.29, 1.82) is 0 Å². The third kappa shape index (κ3) is 2.84. The van der Waals surface area contributed by atoms with Crippen LogP contribution in [0.5, 0.6) is 0 Å². The molecule has 7 heteroatoms. The van der Waals surface area contributed by atoms with Crippen LogP contribution in [0.4, 0.5) is 11.5 Å². The number of pyridine rings is 1. The molecule has 0 aromatic carbocycles. The van der Waals surface area contributed by atoms with Crippen molar-refractivity contribution in [3.05, 3.63) is 17.8 Å². The third-order valence-electron chi connectivity index (χ3n) is 1.80. The first-order valence-electron chi connectivity index (χ1n) is 4.40. The number of methoxy groups -OCH3 is 1. The average molecular weight is 224 g/mol. The van der Waals surface area contributed by atoms with Gasteiger partial charge in [-0.1, -0.05) is 0 Å². The molecule has 0 spiro atoms. The van der Waals surface area contributed by atoms with Gasteiger partial charge in [0, 0.05) is 0 Å². The maximum atomic E-state index is 11.1. The van der Waals surface area contributed by atoms with Gasteiger partial charge in [0.1, 0.15) is 12.4 Å². The van der Waals surface area contributed by atoms with Crippen LogP contribution in [0.1, 0.15) is 10.4 Å². The fourth-order valence-corrected chi connectivity index (χ4v) is 1.04. The zero-order valence-corrected chi connectivity index (χ0v) is 8.69. The molecule has 86 valence electrons. The van der Waals surface area contributed by atoms with Gasteiger partial charge in [0.05, 0.1) is 24.6 Å². The van der Waals surface area contributed by atoms with Crippen LogP contribution in [0.2, 0.25) is 0 Å². The van der Waals surface area contributed by atoms with Crippen molar-refractivity contribution in [3.63, 3.8) is 0 Å². The standard InChI is InChI=1S/C9H12N4O3/c1-16-7(14)4-13-9-6(8(11)15)2-5(10)3-12-9/h2-3H,4,10H2,1H3,(H2,11,15)(H,12,13). The number of carbonyl (C=O) groups is 2. The number of nitrogens with two attached hydrogens (primary N) is 2. The van der Waals surface area contributed by atoms with Crippen molar-refractivity contribution < 1.29 is 14.3 Å². The molecule has 16 heavy (non-hydrogen) atoms. The topological polar surface area (TPSA) is 120 Å². The zero-order valence-electron chi connectivity index (χ0n) is 8.69. The van der Waals surface area contributed by atoms with Gasteiger partial charge in [-0.2, -0.15) is 0 Å². The summed E-state index contributed by atoms with van der Waals surface area (Å²) >= 11 is 0. The van der Waals surface area contributed by atoms with Crippen LogP contribution >= 0.6 is 0 Å². The van der Waals surface area contributed by atoms with Gasteiger partial charge in [0.15, 0.2) is 0 Å². The summed E-state index contributed by atoms with van der Waals surface area (Å²) < 4.78 is 4.43. The van der Waals surface area contributed by atoms with Gasteiger partial charge in [0.2, 0.25) is 0 Å². The van der Waals surface area contributed by atoms with Crippen molar-refractivity contribution >= 4 is 23.4 Å². The first-order valence-corrected chi connectivity index (χ1v) is 4.40. The number of primary amides is 1. The number of rotatable bonds is 4. The molecule has 1 aromatic rings. The lowest BCUT2D eigenvalue weighted by atomic mass is 10.2. The lowest BCUT2D eigenvalue weighted by molar-refractivity contribution is -0.138. The number of ether oxygens (including phenoxy) is 1. The van der Waals surface area contributed by atoms with E-state index in [0.717, 1.165) is 0 Å². The van der Waals surface area contributed by atoms with Gasteiger partial charge >= 0.3 is 5.97 Å². The van der Waals surface area contributed by atoms with Gasteiger partial charge in [0.25, 0.3) is 5.91 Å². The Bertz CT molecular complexity index is 419. The molecule has 0 unspecified atom stereocenters. The van der Waals surface area contributed by atoms with E-state index in [9.17, 15) is 9.59 Å². The number of nitrogen functional groups attached to an aromatic ring is 1. The predicted octanol–water partition coefficient (Wildman–Crippen LogP) is -0.652. The Morgan fingerprint density at radius 1 is 1.56 bits per heavy atom. The average Bonchev–Trinajstić information content (AvgIpc) is 2.26. The second-order valence-electron chi connectivity index (χ2n) is 2.96. The monoisotopic (exact) mass is 224 g/mol. The van der Waals surface area contributed by atoms with E-state index in [2.05, 4.69) is 15.0 Å². The minimum absolute atomic E-state index is 0.103. The Morgan fingerprint density at radius 2 is 2.25 bits per heavy atom. The number of aromatic nitrogens is 1. The maximum Gasteiger partial charge on any atom is 0.325 e. The van der Waals surface area contributed by atoms with Crippen LogP contribution in [-0.2, 0) is 9.53 Å². The minimum atomic E-state index is -0.674. The highest BCUT2D eigenvalue weighted by Crippen LogP contribution is 2.14. The van der Waals surface area contributed by atoms with Crippen LogP contribution < -0.4 is 16.8 Å². The molecule has 0 fully saturated rings. The van der Waals surface area contributed by atoms with Crippen molar-refractivity contribution in [2.75, 3.05) is 24.7 Å². The summed E-state index contributed by atoms with van der Waals surface area (Å²) in [7, 11) is 1.26. The largest absolute Gasteiger partial charge is 0.468 e. The van der Waals surface area contributed by atoms with E-state index in [1.54, 1.807) is 0 Å². The Morgan fingerprint density at radius 3 is 2.81 bits per heavy atom. The molecular weight excluding hydrogens is 212 g/mol. The molecule has 1 heterocycles. The Balaban J connectivity index is 2.87. The summed E-state index contributed by atoms with van der Waals surface area (Å²) in [5.41, 5.74) is 11.0. The van der Waals surface area contributed by atoms with Gasteiger partial charge in [-0.25, -0.2) is 4.98 Å². The molecule has 0 aliphatic carbocycles. The molecule has 0 saturated carbocycles.